The highest BCUT2D eigenvalue weighted by atomic mass is 16.6. The Balaban J connectivity index is 1.98. The van der Waals surface area contributed by atoms with E-state index >= 15 is 0 Å². The van der Waals surface area contributed by atoms with Crippen LogP contribution in [-0.2, 0) is 0 Å². The molecule has 0 saturated carbocycles. The van der Waals surface area contributed by atoms with Gasteiger partial charge in [0.2, 0.25) is 0 Å². The molecule has 0 spiro atoms. The average molecular weight is 433 g/mol. The second-order valence-electron chi connectivity index (χ2n) is 6.96. The highest BCUT2D eigenvalue weighted by molar-refractivity contribution is 6.13. The fourth-order valence-corrected chi connectivity index (χ4v) is 2.92. The Hall–Kier alpha value is -4.60. The molecule has 1 amide bonds. The second kappa shape index (κ2) is 9.47. The van der Waals surface area contributed by atoms with Crippen LogP contribution >= 0.6 is 0 Å². The van der Waals surface area contributed by atoms with Crippen molar-refractivity contribution >= 4 is 28.7 Å². The number of benzene rings is 3. The number of nitro groups is 2. The molecule has 1 N–H and O–H groups in total. The molecule has 162 valence electrons. The van der Waals surface area contributed by atoms with Crippen molar-refractivity contribution in [2.24, 2.45) is 5.10 Å². The average Bonchev–Trinajstić information content (AvgIpc) is 2.79. The fraction of sp³-hybridized carbons (Fsp3) is 0.0909. The highest BCUT2D eigenvalue weighted by Crippen LogP contribution is 2.23. The first-order chi connectivity index (χ1) is 15.3. The van der Waals surface area contributed by atoms with Crippen LogP contribution in [0, 0.1) is 20.2 Å². The SMILES string of the molecule is CN(C)c1ccc(/C(=N\NC(=O)c2cc([N+](=O)[O-])cc([N+](=O)[O-])c2)c2ccccc2)cc1. The summed E-state index contributed by atoms with van der Waals surface area (Å²) in [5.74, 6) is -0.810. The molecule has 0 aliphatic carbocycles. The van der Waals surface area contributed by atoms with Crippen molar-refractivity contribution in [1.29, 1.82) is 0 Å². The van der Waals surface area contributed by atoms with Gasteiger partial charge in [-0.3, -0.25) is 25.0 Å². The van der Waals surface area contributed by atoms with Crippen LogP contribution in [-0.4, -0.2) is 35.6 Å². The lowest BCUT2D eigenvalue weighted by molar-refractivity contribution is -0.394. The normalized spacial score (nSPS) is 11.0. The summed E-state index contributed by atoms with van der Waals surface area (Å²) < 4.78 is 0. The van der Waals surface area contributed by atoms with E-state index in [0.29, 0.717) is 5.71 Å². The van der Waals surface area contributed by atoms with E-state index in [-0.39, 0.29) is 5.56 Å². The monoisotopic (exact) mass is 433 g/mol. The summed E-state index contributed by atoms with van der Waals surface area (Å²) in [5, 5.41) is 26.4. The molecular formula is C22H19N5O5. The lowest BCUT2D eigenvalue weighted by Crippen LogP contribution is -2.21. The van der Waals surface area contributed by atoms with Crippen LogP contribution in [0.2, 0.25) is 0 Å². The van der Waals surface area contributed by atoms with Crippen molar-refractivity contribution in [3.8, 4) is 0 Å². The first-order valence-electron chi connectivity index (χ1n) is 9.41. The Labute approximate surface area is 183 Å². The maximum absolute atomic E-state index is 12.6. The van der Waals surface area contributed by atoms with Crippen LogP contribution in [0.4, 0.5) is 17.1 Å². The number of hydrogen-bond donors (Lipinski definition) is 1. The van der Waals surface area contributed by atoms with E-state index in [1.807, 2.05) is 73.6 Å². The molecule has 0 bridgehead atoms. The van der Waals surface area contributed by atoms with E-state index in [1.165, 1.54) is 0 Å². The molecule has 3 rings (SSSR count). The zero-order chi connectivity index (χ0) is 23.3. The molecule has 0 radical (unpaired) electrons. The standard InChI is InChI=1S/C22H19N5O5/c1-25(2)18-10-8-16(9-11-18)21(15-6-4-3-5-7-15)23-24-22(28)17-12-19(26(29)30)14-20(13-17)27(31)32/h3-14H,1-2H3,(H,24,28)/b23-21-. The summed E-state index contributed by atoms with van der Waals surface area (Å²) in [6, 6.07) is 19.4. The lowest BCUT2D eigenvalue weighted by atomic mass is 10.0. The number of rotatable bonds is 7. The number of carbonyl (C=O) groups excluding carboxylic acids is 1. The molecule has 0 heterocycles. The van der Waals surface area contributed by atoms with Crippen molar-refractivity contribution in [2.45, 2.75) is 0 Å². The third-order valence-corrected chi connectivity index (χ3v) is 4.56. The molecule has 0 fully saturated rings. The van der Waals surface area contributed by atoms with Gasteiger partial charge in [0.25, 0.3) is 17.3 Å². The number of nitro benzene ring substituents is 2. The van der Waals surface area contributed by atoms with E-state index in [1.54, 1.807) is 0 Å². The van der Waals surface area contributed by atoms with Crippen LogP contribution < -0.4 is 10.3 Å². The number of carbonyl (C=O) groups is 1. The molecule has 3 aromatic carbocycles. The van der Waals surface area contributed by atoms with Gasteiger partial charge >= 0.3 is 0 Å². The number of non-ortho nitro benzene ring substituents is 2. The molecule has 10 nitrogen and oxygen atoms in total. The minimum atomic E-state index is -0.810. The second-order valence-corrected chi connectivity index (χ2v) is 6.96. The third kappa shape index (κ3) is 5.11. The van der Waals surface area contributed by atoms with E-state index in [0.717, 1.165) is 35.0 Å². The van der Waals surface area contributed by atoms with E-state index < -0.39 is 27.1 Å². The van der Waals surface area contributed by atoms with Gasteiger partial charge in [0.15, 0.2) is 0 Å². The Kier molecular flexibility index (Phi) is 6.54. The first kappa shape index (κ1) is 22.1. The van der Waals surface area contributed by atoms with Crippen LogP contribution in [0.3, 0.4) is 0 Å². The minimum Gasteiger partial charge on any atom is -0.378 e. The van der Waals surface area contributed by atoms with Gasteiger partial charge in [-0.05, 0) is 12.1 Å². The topological polar surface area (TPSA) is 131 Å². The number of hydrazone groups is 1. The summed E-state index contributed by atoms with van der Waals surface area (Å²) in [6.45, 7) is 0. The number of nitrogens with one attached hydrogen (secondary N) is 1. The smallest absolute Gasteiger partial charge is 0.277 e. The third-order valence-electron chi connectivity index (χ3n) is 4.56. The maximum atomic E-state index is 12.6. The zero-order valence-electron chi connectivity index (χ0n) is 17.3. The molecule has 0 atom stereocenters. The first-order valence-corrected chi connectivity index (χ1v) is 9.41. The van der Waals surface area contributed by atoms with Crippen molar-refractivity contribution in [1.82, 2.24) is 5.43 Å². The molecule has 0 aromatic heterocycles. The largest absolute Gasteiger partial charge is 0.378 e. The molecule has 10 heteroatoms. The molecule has 0 saturated heterocycles. The molecule has 0 aliphatic heterocycles. The Morgan fingerprint density at radius 2 is 1.34 bits per heavy atom. The van der Waals surface area contributed by atoms with Crippen LogP contribution in [0.5, 0.6) is 0 Å². The van der Waals surface area contributed by atoms with Gasteiger partial charge in [-0.15, -0.1) is 0 Å². The predicted molar refractivity (Wildman–Crippen MR) is 120 cm³/mol. The molecule has 0 unspecified atom stereocenters. The quantitative estimate of drug-likeness (QED) is 0.343. The Morgan fingerprint density at radius 1 is 0.812 bits per heavy atom. The lowest BCUT2D eigenvalue weighted by Gasteiger charge is -2.14. The van der Waals surface area contributed by atoms with Crippen molar-refractivity contribution in [3.05, 3.63) is 110 Å². The zero-order valence-corrected chi connectivity index (χ0v) is 17.3. The van der Waals surface area contributed by atoms with Crippen LogP contribution in [0.25, 0.3) is 0 Å². The summed E-state index contributed by atoms with van der Waals surface area (Å²) in [4.78, 5) is 35.2. The summed E-state index contributed by atoms with van der Waals surface area (Å²) in [6.07, 6.45) is 0. The van der Waals surface area contributed by atoms with E-state index in [9.17, 15) is 25.0 Å². The van der Waals surface area contributed by atoms with Crippen molar-refractivity contribution < 1.29 is 14.6 Å². The molecule has 0 aliphatic rings. The van der Waals surface area contributed by atoms with Gasteiger partial charge in [0, 0.05) is 43.0 Å². The molecule has 3 aromatic rings. The Morgan fingerprint density at radius 3 is 1.84 bits per heavy atom. The van der Waals surface area contributed by atoms with Gasteiger partial charge in [-0.1, -0.05) is 42.5 Å². The Bertz CT molecular complexity index is 1160. The fourth-order valence-electron chi connectivity index (χ4n) is 2.92. The van der Waals surface area contributed by atoms with Gasteiger partial charge in [0.05, 0.1) is 27.2 Å². The highest BCUT2D eigenvalue weighted by Gasteiger charge is 2.20. The van der Waals surface area contributed by atoms with Crippen molar-refractivity contribution in [2.75, 3.05) is 19.0 Å². The summed E-state index contributed by atoms with van der Waals surface area (Å²) in [7, 11) is 3.83. The van der Waals surface area contributed by atoms with Gasteiger partial charge in [-0.25, -0.2) is 5.43 Å². The molecule has 32 heavy (non-hydrogen) atoms. The van der Waals surface area contributed by atoms with Crippen LogP contribution in [0.15, 0.2) is 77.9 Å². The number of nitrogens with zero attached hydrogens (tertiary/aromatic N) is 4. The predicted octanol–water partition coefficient (Wildman–Crippen LogP) is 3.75. The van der Waals surface area contributed by atoms with Gasteiger partial charge in [-0.2, -0.15) is 5.10 Å². The molecular weight excluding hydrogens is 414 g/mol. The maximum Gasteiger partial charge on any atom is 0.277 e. The van der Waals surface area contributed by atoms with Crippen LogP contribution in [0.1, 0.15) is 21.5 Å². The van der Waals surface area contributed by atoms with E-state index in [2.05, 4.69) is 10.5 Å². The van der Waals surface area contributed by atoms with Gasteiger partial charge in [0.1, 0.15) is 0 Å². The van der Waals surface area contributed by atoms with E-state index in [4.69, 9.17) is 0 Å². The summed E-state index contributed by atoms with van der Waals surface area (Å²) in [5.41, 5.74) is 3.90. The summed E-state index contributed by atoms with van der Waals surface area (Å²) >= 11 is 0. The number of anilines is 1. The number of hydrogen-bond acceptors (Lipinski definition) is 7. The minimum absolute atomic E-state index is 0.245. The van der Waals surface area contributed by atoms with Gasteiger partial charge < -0.3 is 4.90 Å². The van der Waals surface area contributed by atoms with Crippen molar-refractivity contribution in [3.63, 3.8) is 0 Å². The number of amides is 1.